The lowest BCUT2D eigenvalue weighted by Crippen LogP contribution is -2.53. The third-order valence-corrected chi connectivity index (χ3v) is 5.89. The van der Waals surface area contributed by atoms with Crippen LogP contribution in [0, 0.1) is 11.2 Å². The molecule has 1 unspecified atom stereocenters. The second-order valence-corrected chi connectivity index (χ2v) is 7.75. The largest absolute Gasteiger partial charge is 0.377 e. The minimum absolute atomic E-state index is 0.128. The molecule has 2 rings (SSSR count). The van der Waals surface area contributed by atoms with Crippen LogP contribution in [0.15, 0.2) is 22.7 Å². The van der Waals surface area contributed by atoms with E-state index in [9.17, 15) is 4.39 Å². The van der Waals surface area contributed by atoms with Crippen LogP contribution in [0.25, 0.3) is 0 Å². The Morgan fingerprint density at radius 1 is 1.29 bits per heavy atom. The molecule has 1 aromatic carbocycles. The van der Waals surface area contributed by atoms with Gasteiger partial charge < -0.3 is 10.5 Å². The fraction of sp³-hybridized carbons (Fsp3) is 0.647. The maximum atomic E-state index is 13.6. The summed E-state index contributed by atoms with van der Waals surface area (Å²) < 4.78 is 20.0. The molecule has 1 aromatic rings. The van der Waals surface area contributed by atoms with Crippen molar-refractivity contribution in [2.24, 2.45) is 11.1 Å². The molecule has 2 nitrogen and oxygen atoms in total. The van der Waals surface area contributed by atoms with Gasteiger partial charge in [0.1, 0.15) is 5.82 Å². The van der Waals surface area contributed by atoms with Gasteiger partial charge in [-0.05, 0) is 65.1 Å². The first-order valence-corrected chi connectivity index (χ1v) is 8.33. The second-order valence-electron chi connectivity index (χ2n) is 6.96. The third kappa shape index (κ3) is 3.66. The van der Waals surface area contributed by atoms with Crippen LogP contribution in [0.4, 0.5) is 4.39 Å². The van der Waals surface area contributed by atoms with Gasteiger partial charge in [-0.2, -0.15) is 0 Å². The molecule has 4 heteroatoms. The van der Waals surface area contributed by atoms with Crippen LogP contribution in [-0.2, 0) is 11.2 Å². The monoisotopic (exact) mass is 357 g/mol. The van der Waals surface area contributed by atoms with Crippen molar-refractivity contribution in [3.05, 3.63) is 34.1 Å². The molecule has 0 radical (unpaired) electrons. The molecule has 0 aromatic heterocycles. The van der Waals surface area contributed by atoms with Crippen LogP contribution >= 0.6 is 15.9 Å². The summed E-state index contributed by atoms with van der Waals surface area (Å²) in [7, 11) is 1.75. The van der Waals surface area contributed by atoms with Crippen molar-refractivity contribution < 1.29 is 9.13 Å². The lowest BCUT2D eigenvalue weighted by atomic mass is 9.68. The number of ether oxygens (including phenoxy) is 1. The predicted molar refractivity (Wildman–Crippen MR) is 87.8 cm³/mol. The summed E-state index contributed by atoms with van der Waals surface area (Å²) in [6, 6.07) is 4.97. The third-order valence-electron chi connectivity index (χ3n) is 5.00. The molecule has 118 valence electrons. The molecule has 1 saturated carbocycles. The quantitative estimate of drug-likeness (QED) is 0.864. The number of rotatable bonds is 4. The Morgan fingerprint density at radius 3 is 2.48 bits per heavy atom. The molecular weight excluding hydrogens is 333 g/mol. The molecule has 0 amide bonds. The Kier molecular flexibility index (Phi) is 5.11. The van der Waals surface area contributed by atoms with Crippen molar-refractivity contribution in [2.45, 2.75) is 57.6 Å². The number of hydrogen-bond donors (Lipinski definition) is 1. The van der Waals surface area contributed by atoms with E-state index in [0.29, 0.717) is 16.3 Å². The lowest BCUT2D eigenvalue weighted by Gasteiger charge is -2.46. The summed E-state index contributed by atoms with van der Waals surface area (Å²) in [5, 5.41) is 0. The van der Waals surface area contributed by atoms with E-state index in [1.807, 2.05) is 6.07 Å². The molecule has 0 aliphatic heterocycles. The fourth-order valence-corrected chi connectivity index (χ4v) is 3.63. The summed E-state index contributed by atoms with van der Waals surface area (Å²) in [6.07, 6.45) is 4.76. The molecule has 21 heavy (non-hydrogen) atoms. The van der Waals surface area contributed by atoms with Gasteiger partial charge in [-0.15, -0.1) is 0 Å². The highest BCUT2D eigenvalue weighted by Gasteiger charge is 2.42. The van der Waals surface area contributed by atoms with E-state index in [-0.39, 0.29) is 17.5 Å². The highest BCUT2D eigenvalue weighted by atomic mass is 79.9. The van der Waals surface area contributed by atoms with Gasteiger partial charge in [0.25, 0.3) is 0 Å². The van der Waals surface area contributed by atoms with Crippen molar-refractivity contribution in [3.8, 4) is 0 Å². The molecule has 0 saturated heterocycles. The van der Waals surface area contributed by atoms with E-state index >= 15 is 0 Å². The van der Waals surface area contributed by atoms with Gasteiger partial charge in [0.2, 0.25) is 0 Å². The van der Waals surface area contributed by atoms with Crippen molar-refractivity contribution in [1.82, 2.24) is 0 Å². The van der Waals surface area contributed by atoms with Crippen LogP contribution < -0.4 is 5.73 Å². The maximum absolute atomic E-state index is 13.6. The smallest absolute Gasteiger partial charge is 0.137 e. The molecule has 0 heterocycles. The Bertz CT molecular complexity index is 494. The number of hydrogen-bond acceptors (Lipinski definition) is 2. The zero-order chi connectivity index (χ0) is 15.7. The molecular formula is C17H25BrFNO. The number of benzene rings is 1. The van der Waals surface area contributed by atoms with Gasteiger partial charge in [-0.25, -0.2) is 4.39 Å². The van der Waals surface area contributed by atoms with Crippen molar-refractivity contribution >= 4 is 15.9 Å². The lowest BCUT2D eigenvalue weighted by molar-refractivity contribution is -0.0781. The maximum Gasteiger partial charge on any atom is 0.137 e. The van der Waals surface area contributed by atoms with Crippen molar-refractivity contribution in [3.63, 3.8) is 0 Å². The first-order valence-electron chi connectivity index (χ1n) is 7.53. The molecule has 1 atom stereocenters. The van der Waals surface area contributed by atoms with Crippen LogP contribution in [0.1, 0.15) is 45.1 Å². The highest BCUT2D eigenvalue weighted by Crippen LogP contribution is 2.43. The van der Waals surface area contributed by atoms with Crippen LogP contribution in [0.3, 0.4) is 0 Å². The summed E-state index contributed by atoms with van der Waals surface area (Å²) in [5.41, 5.74) is 7.44. The van der Waals surface area contributed by atoms with Crippen LogP contribution in [-0.4, -0.2) is 18.8 Å². The minimum atomic E-state index is -0.290. The van der Waals surface area contributed by atoms with Crippen molar-refractivity contribution in [2.75, 3.05) is 7.11 Å². The SMILES string of the molecule is COC1(C(N)Cc2cccc(F)c2Br)CCC(C)(C)CC1. The van der Waals surface area contributed by atoms with Crippen molar-refractivity contribution in [1.29, 1.82) is 0 Å². The zero-order valence-electron chi connectivity index (χ0n) is 13.1. The van der Waals surface area contributed by atoms with E-state index in [2.05, 4.69) is 29.8 Å². The zero-order valence-corrected chi connectivity index (χ0v) is 14.7. The topological polar surface area (TPSA) is 35.2 Å². The van der Waals surface area contributed by atoms with E-state index in [1.54, 1.807) is 13.2 Å². The van der Waals surface area contributed by atoms with E-state index in [4.69, 9.17) is 10.5 Å². The molecule has 1 fully saturated rings. The van der Waals surface area contributed by atoms with Gasteiger partial charge in [-0.1, -0.05) is 26.0 Å². The summed E-state index contributed by atoms with van der Waals surface area (Å²) in [5.74, 6) is -0.240. The van der Waals surface area contributed by atoms with Gasteiger partial charge in [0.05, 0.1) is 10.1 Å². The van der Waals surface area contributed by atoms with Gasteiger partial charge in [0, 0.05) is 13.2 Å². The summed E-state index contributed by atoms with van der Waals surface area (Å²) in [6.45, 7) is 4.59. The van der Waals surface area contributed by atoms with E-state index in [0.717, 1.165) is 31.2 Å². The second kappa shape index (κ2) is 6.35. The first kappa shape index (κ1) is 16.9. The molecule has 0 spiro atoms. The average molecular weight is 358 g/mol. The van der Waals surface area contributed by atoms with E-state index in [1.165, 1.54) is 6.07 Å². The Balaban J connectivity index is 2.14. The summed E-state index contributed by atoms with van der Waals surface area (Å²) in [4.78, 5) is 0. The standard InChI is InChI=1S/C17H25BrFNO/c1-16(2)7-9-17(21-3,10-8-16)14(20)11-12-5-4-6-13(19)15(12)18/h4-6,14H,7-11,20H2,1-3H3. The van der Waals surface area contributed by atoms with Crippen LogP contribution in [0.5, 0.6) is 0 Å². The van der Waals surface area contributed by atoms with E-state index < -0.39 is 0 Å². The number of methoxy groups -OCH3 is 1. The molecule has 1 aliphatic rings. The van der Waals surface area contributed by atoms with Gasteiger partial charge in [0.15, 0.2) is 0 Å². The Labute approximate surface area is 135 Å². The first-order chi connectivity index (χ1) is 9.80. The minimum Gasteiger partial charge on any atom is -0.377 e. The van der Waals surface area contributed by atoms with Gasteiger partial charge in [-0.3, -0.25) is 0 Å². The number of nitrogens with two attached hydrogens (primary N) is 1. The average Bonchev–Trinajstić information content (AvgIpc) is 2.44. The Morgan fingerprint density at radius 2 is 1.90 bits per heavy atom. The molecule has 0 bridgehead atoms. The van der Waals surface area contributed by atoms with Crippen LogP contribution in [0.2, 0.25) is 0 Å². The van der Waals surface area contributed by atoms with Gasteiger partial charge >= 0.3 is 0 Å². The normalized spacial score (nSPS) is 22.0. The molecule has 2 N–H and O–H groups in total. The Hall–Kier alpha value is -0.450. The predicted octanol–water partition coefficient (Wildman–Crippen LogP) is 4.44. The molecule has 1 aliphatic carbocycles. The highest BCUT2D eigenvalue weighted by molar-refractivity contribution is 9.10. The fourth-order valence-electron chi connectivity index (χ4n) is 3.21. The number of halogens is 2. The summed E-state index contributed by atoms with van der Waals surface area (Å²) >= 11 is 3.32.